The van der Waals surface area contributed by atoms with Gasteiger partial charge in [-0.2, -0.15) is 13.2 Å². The molecule has 1 N–H and O–H groups in total. The smallest absolute Gasteiger partial charge is 0.416 e. The van der Waals surface area contributed by atoms with Crippen molar-refractivity contribution >= 4 is 62.1 Å². The summed E-state index contributed by atoms with van der Waals surface area (Å²) in [5.74, 6) is -0.585. The first kappa shape index (κ1) is 32.0. The summed E-state index contributed by atoms with van der Waals surface area (Å²) >= 11 is 9.36. The highest BCUT2D eigenvalue weighted by Crippen LogP contribution is 2.38. The molecule has 0 radical (unpaired) electrons. The number of fused-ring (bicyclic) bond motifs is 2. The van der Waals surface area contributed by atoms with E-state index >= 15 is 0 Å². The van der Waals surface area contributed by atoms with E-state index in [9.17, 15) is 27.6 Å². The molecule has 5 rings (SSSR count). The van der Waals surface area contributed by atoms with Gasteiger partial charge in [-0.3, -0.25) is 9.59 Å². The van der Waals surface area contributed by atoms with Crippen LogP contribution in [0.5, 0.6) is 0 Å². The molecule has 0 unspecified atom stereocenters. The van der Waals surface area contributed by atoms with E-state index in [1.165, 1.54) is 6.20 Å². The van der Waals surface area contributed by atoms with Crippen LogP contribution < -0.4 is 15.6 Å². The molecule has 1 aliphatic heterocycles. The predicted molar refractivity (Wildman–Crippen MR) is 163 cm³/mol. The van der Waals surface area contributed by atoms with Crippen LogP contribution in [0.3, 0.4) is 0 Å². The zero-order chi connectivity index (χ0) is 32.1. The lowest BCUT2D eigenvalue weighted by Crippen LogP contribution is -2.67. The van der Waals surface area contributed by atoms with Crippen molar-refractivity contribution in [1.29, 1.82) is 0 Å². The van der Waals surface area contributed by atoms with Crippen LogP contribution >= 0.6 is 27.5 Å². The molecule has 2 aromatic heterocycles. The number of anilines is 2. The van der Waals surface area contributed by atoms with Crippen molar-refractivity contribution in [1.82, 2.24) is 19.4 Å². The highest BCUT2D eigenvalue weighted by molar-refractivity contribution is 9.10. The zero-order valence-electron chi connectivity index (χ0n) is 24.5. The molecule has 2 atom stereocenters. The maximum Gasteiger partial charge on any atom is 0.416 e. The first-order valence-corrected chi connectivity index (χ1v) is 15.3. The van der Waals surface area contributed by atoms with E-state index in [4.69, 9.17) is 16.3 Å². The number of halogens is 5. The summed E-state index contributed by atoms with van der Waals surface area (Å²) in [6, 6.07) is 2.39. The minimum absolute atomic E-state index is 0.0118. The Morgan fingerprint density at radius 3 is 2.45 bits per heavy atom. The summed E-state index contributed by atoms with van der Waals surface area (Å²) in [6.45, 7) is 7.68. The van der Waals surface area contributed by atoms with E-state index in [0.717, 1.165) is 31.0 Å². The molecule has 3 heterocycles. The molecule has 1 aliphatic carbocycles. The van der Waals surface area contributed by atoms with Gasteiger partial charge >= 0.3 is 12.3 Å². The second-order valence-corrected chi connectivity index (χ2v) is 13.0. The number of nitrogens with zero attached hydrogens (tertiary/aromatic N) is 5. The summed E-state index contributed by atoms with van der Waals surface area (Å²) in [6.07, 6.45) is -1.70. The number of pyridine rings is 1. The van der Waals surface area contributed by atoms with Gasteiger partial charge in [-0.1, -0.05) is 18.5 Å². The van der Waals surface area contributed by atoms with Crippen molar-refractivity contribution in [3.05, 3.63) is 55.5 Å². The average molecular weight is 700 g/mol. The maximum absolute atomic E-state index is 14.0. The third kappa shape index (κ3) is 6.23. The van der Waals surface area contributed by atoms with Crippen LogP contribution in [0.1, 0.15) is 51.8 Å². The molecule has 1 saturated heterocycles. The van der Waals surface area contributed by atoms with E-state index in [-0.39, 0.29) is 45.9 Å². The largest absolute Gasteiger partial charge is 0.444 e. The number of aromatic nitrogens is 3. The van der Waals surface area contributed by atoms with Crippen LogP contribution in [0, 0.1) is 0 Å². The lowest BCUT2D eigenvalue weighted by Gasteiger charge is -2.54. The minimum atomic E-state index is -4.59. The Hall–Kier alpha value is -3.39. The van der Waals surface area contributed by atoms with Gasteiger partial charge < -0.3 is 24.4 Å². The number of piperazine rings is 1. The van der Waals surface area contributed by atoms with Gasteiger partial charge in [0.25, 0.3) is 0 Å². The van der Waals surface area contributed by atoms with Crippen molar-refractivity contribution in [2.75, 3.05) is 23.3 Å². The number of hydrogen-bond acceptors (Lipinski definition) is 7. The van der Waals surface area contributed by atoms with Crippen LogP contribution in [-0.2, 0) is 28.7 Å². The van der Waals surface area contributed by atoms with Crippen LogP contribution in [-0.4, -0.2) is 62.2 Å². The Kier molecular flexibility index (Phi) is 8.62. The highest BCUT2D eigenvalue weighted by Gasteiger charge is 2.47. The number of benzene rings is 1. The number of carbonyl (C=O) groups excluding carboxylic acids is 2. The molecule has 3 aromatic rings. The number of rotatable bonds is 5. The second kappa shape index (κ2) is 11.8. The third-order valence-corrected chi connectivity index (χ3v) is 8.41. The van der Waals surface area contributed by atoms with Crippen molar-refractivity contribution in [2.24, 2.45) is 0 Å². The molecular formula is C29H31BrClF3N6O4. The Labute approximate surface area is 264 Å². The molecule has 1 aromatic carbocycles. The lowest BCUT2D eigenvalue weighted by molar-refractivity contribution is -0.137. The number of alkyl halides is 3. The minimum Gasteiger partial charge on any atom is -0.444 e. The third-order valence-electron chi connectivity index (χ3n) is 7.72. The summed E-state index contributed by atoms with van der Waals surface area (Å²) in [5.41, 5.74) is -0.752. The molecular weight excluding hydrogens is 669 g/mol. The number of carbonyl (C=O) groups is 2. The van der Waals surface area contributed by atoms with Crippen LogP contribution in [0.15, 0.2) is 33.8 Å². The van der Waals surface area contributed by atoms with Gasteiger partial charge in [-0.25, -0.2) is 14.8 Å². The molecule has 2 amide bonds. The SMILES string of the molecule is CCc1c(N2CCN(C(=O)OC(C)(C)C)[C@H]3CC[C@@H]32)c(=O)c2nc(Br)cnc2n1CC(=O)Nc1ccc(C(F)(F)F)cc1Cl. The topological polar surface area (TPSA) is 110 Å². The predicted octanol–water partition coefficient (Wildman–Crippen LogP) is 6.02. The van der Waals surface area contributed by atoms with E-state index in [1.54, 1.807) is 9.47 Å². The lowest BCUT2D eigenvalue weighted by atomic mass is 9.81. The normalized spacial score (nSPS) is 18.6. The molecule has 44 heavy (non-hydrogen) atoms. The Morgan fingerprint density at radius 1 is 1.16 bits per heavy atom. The molecule has 236 valence electrons. The van der Waals surface area contributed by atoms with Crippen LogP contribution in [0.4, 0.5) is 29.3 Å². The fourth-order valence-corrected chi connectivity index (χ4v) is 6.23. The van der Waals surface area contributed by atoms with Gasteiger partial charge in [0, 0.05) is 24.8 Å². The average Bonchev–Trinajstić information content (AvgIpc) is 2.90. The first-order chi connectivity index (χ1) is 20.6. The van der Waals surface area contributed by atoms with Gasteiger partial charge in [-0.05, 0) is 74.2 Å². The second-order valence-electron chi connectivity index (χ2n) is 11.7. The van der Waals surface area contributed by atoms with Crippen LogP contribution in [0.25, 0.3) is 11.2 Å². The quantitative estimate of drug-likeness (QED) is 0.347. The maximum atomic E-state index is 14.0. The van der Waals surface area contributed by atoms with Crippen molar-refractivity contribution in [2.45, 2.75) is 77.4 Å². The van der Waals surface area contributed by atoms with Gasteiger partial charge in [0.15, 0.2) is 11.2 Å². The van der Waals surface area contributed by atoms with Crippen LogP contribution in [0.2, 0.25) is 5.02 Å². The highest BCUT2D eigenvalue weighted by atomic mass is 79.9. The van der Waals surface area contributed by atoms with E-state index in [2.05, 4.69) is 31.2 Å². The molecule has 0 spiro atoms. The molecule has 2 fully saturated rings. The molecule has 10 nitrogen and oxygen atoms in total. The van der Waals surface area contributed by atoms with E-state index in [1.807, 2.05) is 32.6 Å². The van der Waals surface area contributed by atoms with E-state index in [0.29, 0.717) is 35.5 Å². The fraction of sp³-hybridized carbons (Fsp3) is 0.483. The molecule has 15 heteroatoms. The van der Waals surface area contributed by atoms with Gasteiger partial charge in [-0.15, -0.1) is 0 Å². The Bertz CT molecular complexity index is 1690. The first-order valence-electron chi connectivity index (χ1n) is 14.1. The van der Waals surface area contributed by atoms with E-state index < -0.39 is 29.3 Å². The van der Waals surface area contributed by atoms with Crippen molar-refractivity contribution in [3.8, 4) is 0 Å². The van der Waals surface area contributed by atoms with Crippen molar-refractivity contribution in [3.63, 3.8) is 0 Å². The molecule has 1 saturated carbocycles. The summed E-state index contributed by atoms with van der Waals surface area (Å²) in [5, 5.41) is 2.31. The molecule has 2 aliphatic rings. The summed E-state index contributed by atoms with van der Waals surface area (Å²) in [4.78, 5) is 52.8. The van der Waals surface area contributed by atoms with Gasteiger partial charge in [0.1, 0.15) is 22.4 Å². The van der Waals surface area contributed by atoms with Gasteiger partial charge in [0.05, 0.1) is 28.5 Å². The standard InChI is InChI=1S/C29H31BrClF3N6O4/c1-5-18-24(38-10-11-39(20-9-8-19(20)38)27(43)44-28(2,3)4)25(42)23-26(35-13-21(30)37-23)40(18)14-22(41)36-17-7-6-15(12-16(17)31)29(32,33)34/h6-7,12-13,19-20H,5,8-11,14H2,1-4H3,(H,36,41)/t19-,20-/m0/s1. The number of ether oxygens (including phenoxy) is 1. The number of hydrogen-bond donors (Lipinski definition) is 1. The monoisotopic (exact) mass is 698 g/mol. The fourth-order valence-electron chi connectivity index (χ4n) is 5.72. The Balaban J connectivity index is 1.51. The van der Waals surface area contributed by atoms with Crippen molar-refractivity contribution < 1.29 is 27.5 Å². The summed E-state index contributed by atoms with van der Waals surface area (Å²) in [7, 11) is 0. The Morgan fingerprint density at radius 2 is 1.86 bits per heavy atom. The number of amides is 2. The zero-order valence-corrected chi connectivity index (χ0v) is 26.8. The molecule has 0 bridgehead atoms. The number of nitrogens with one attached hydrogen (secondary N) is 1. The summed E-state index contributed by atoms with van der Waals surface area (Å²) < 4.78 is 46.8. The van der Waals surface area contributed by atoms with Gasteiger partial charge in [0.2, 0.25) is 11.3 Å².